The Kier molecular flexibility index (Phi) is 4.99. The number of nitrogens with zero attached hydrogens (tertiary/aromatic N) is 2. The third kappa shape index (κ3) is 4.09. The lowest BCUT2D eigenvalue weighted by molar-refractivity contribution is 0.478. The summed E-state index contributed by atoms with van der Waals surface area (Å²) < 4.78 is 5.93. The molecule has 2 aromatic carbocycles. The molecule has 0 N–H and O–H groups in total. The van der Waals surface area contributed by atoms with Crippen molar-refractivity contribution in [2.75, 3.05) is 13.6 Å². The first-order valence-corrected chi connectivity index (χ1v) is 7.18. The van der Waals surface area contributed by atoms with Crippen LogP contribution in [0.2, 0.25) is 0 Å². The number of para-hydroxylation sites is 1. The van der Waals surface area contributed by atoms with E-state index < -0.39 is 0 Å². The third-order valence-corrected chi connectivity index (χ3v) is 3.36. The molecule has 0 unspecified atom stereocenters. The molecule has 0 spiro atoms. The number of ether oxygens (including phenoxy) is 1. The van der Waals surface area contributed by atoms with Gasteiger partial charge in [0.15, 0.2) is 0 Å². The van der Waals surface area contributed by atoms with E-state index in [1.54, 1.807) is 0 Å². The van der Waals surface area contributed by atoms with Crippen molar-refractivity contribution in [2.45, 2.75) is 20.8 Å². The fraction of sp³-hybridized carbons (Fsp3) is 0.278. The van der Waals surface area contributed by atoms with Gasteiger partial charge in [0.2, 0.25) is 0 Å². The fourth-order valence-corrected chi connectivity index (χ4v) is 1.88. The first kappa shape index (κ1) is 15.1. The van der Waals surface area contributed by atoms with Crippen molar-refractivity contribution in [3.63, 3.8) is 0 Å². The molecular weight excluding hydrogens is 260 g/mol. The maximum absolute atomic E-state index is 5.93. The van der Waals surface area contributed by atoms with E-state index in [0.29, 0.717) is 0 Å². The van der Waals surface area contributed by atoms with Crippen molar-refractivity contribution in [1.29, 1.82) is 0 Å². The molecule has 0 bridgehead atoms. The Hall–Kier alpha value is -2.29. The molecule has 0 heterocycles. The number of aliphatic imine (C=N–C) groups is 1. The van der Waals surface area contributed by atoms with E-state index in [0.717, 1.165) is 34.9 Å². The summed E-state index contributed by atoms with van der Waals surface area (Å²) in [5, 5.41) is 0. The van der Waals surface area contributed by atoms with Crippen molar-refractivity contribution in [3.05, 3.63) is 53.6 Å². The van der Waals surface area contributed by atoms with Crippen LogP contribution in [0.3, 0.4) is 0 Å². The minimum absolute atomic E-state index is 0.849. The number of aryl methyl sites for hydroxylation is 2. The summed E-state index contributed by atoms with van der Waals surface area (Å²) in [5.41, 5.74) is 3.16. The number of hydrogen-bond acceptors (Lipinski definition) is 2. The second kappa shape index (κ2) is 6.93. The zero-order valence-corrected chi connectivity index (χ0v) is 13.1. The average molecular weight is 282 g/mol. The maximum Gasteiger partial charge on any atom is 0.130 e. The van der Waals surface area contributed by atoms with E-state index in [4.69, 9.17) is 4.74 Å². The van der Waals surface area contributed by atoms with Gasteiger partial charge in [0, 0.05) is 13.6 Å². The minimum Gasteiger partial charge on any atom is -0.457 e. The van der Waals surface area contributed by atoms with Gasteiger partial charge in [-0.3, -0.25) is 0 Å². The molecule has 0 aliphatic rings. The number of rotatable bonds is 5. The monoisotopic (exact) mass is 282 g/mol. The molecule has 0 saturated heterocycles. The minimum atomic E-state index is 0.849. The molecule has 3 nitrogen and oxygen atoms in total. The van der Waals surface area contributed by atoms with Gasteiger partial charge in [-0.05, 0) is 56.2 Å². The summed E-state index contributed by atoms with van der Waals surface area (Å²) in [5.74, 6) is 1.73. The lowest BCUT2D eigenvalue weighted by atomic mass is 10.1. The van der Waals surface area contributed by atoms with Crippen molar-refractivity contribution < 1.29 is 4.74 Å². The van der Waals surface area contributed by atoms with E-state index >= 15 is 0 Å². The molecular formula is C18H22N2O. The zero-order valence-electron chi connectivity index (χ0n) is 13.1. The Morgan fingerprint density at radius 2 is 1.81 bits per heavy atom. The van der Waals surface area contributed by atoms with Crippen LogP contribution in [0.15, 0.2) is 47.5 Å². The molecule has 0 aliphatic heterocycles. The van der Waals surface area contributed by atoms with Crippen molar-refractivity contribution in [1.82, 2.24) is 4.90 Å². The second-order valence-corrected chi connectivity index (χ2v) is 5.14. The first-order chi connectivity index (χ1) is 10.1. The lowest BCUT2D eigenvalue weighted by Crippen LogP contribution is -2.14. The topological polar surface area (TPSA) is 24.8 Å². The predicted molar refractivity (Wildman–Crippen MR) is 88.9 cm³/mol. The molecule has 0 fully saturated rings. The van der Waals surface area contributed by atoms with Crippen LogP contribution in [0.25, 0.3) is 0 Å². The second-order valence-electron chi connectivity index (χ2n) is 5.14. The highest BCUT2D eigenvalue weighted by Gasteiger charge is 2.06. The molecule has 2 rings (SSSR count). The zero-order chi connectivity index (χ0) is 15.2. The van der Waals surface area contributed by atoms with Crippen molar-refractivity contribution in [3.8, 4) is 11.5 Å². The summed E-state index contributed by atoms with van der Waals surface area (Å²) in [7, 11) is 2.01. The molecule has 2 aromatic rings. The standard InChI is InChI=1S/C18H22N2O/c1-5-20(4)13-19-17-11-15(3)18(12-14(17)2)21-16-9-7-6-8-10-16/h6-13H,5H2,1-4H3/b19-13+. The summed E-state index contributed by atoms with van der Waals surface area (Å²) in [4.78, 5) is 6.58. The van der Waals surface area contributed by atoms with Gasteiger partial charge in [-0.25, -0.2) is 4.99 Å². The molecule has 3 heteroatoms. The van der Waals surface area contributed by atoms with Gasteiger partial charge in [0.05, 0.1) is 12.0 Å². The number of benzene rings is 2. The highest BCUT2D eigenvalue weighted by molar-refractivity contribution is 5.64. The van der Waals surface area contributed by atoms with Crippen LogP contribution < -0.4 is 4.74 Å². The largest absolute Gasteiger partial charge is 0.457 e. The van der Waals surface area contributed by atoms with Gasteiger partial charge < -0.3 is 9.64 Å². The quantitative estimate of drug-likeness (QED) is 0.586. The Morgan fingerprint density at radius 3 is 2.48 bits per heavy atom. The van der Waals surface area contributed by atoms with Crippen LogP contribution in [-0.4, -0.2) is 24.8 Å². The smallest absolute Gasteiger partial charge is 0.130 e. The van der Waals surface area contributed by atoms with Gasteiger partial charge in [-0.15, -0.1) is 0 Å². The van der Waals surface area contributed by atoms with Crippen LogP contribution in [0.5, 0.6) is 11.5 Å². The highest BCUT2D eigenvalue weighted by atomic mass is 16.5. The summed E-state index contributed by atoms with van der Waals surface area (Å²) in [6, 6.07) is 13.9. The fourth-order valence-electron chi connectivity index (χ4n) is 1.88. The third-order valence-electron chi connectivity index (χ3n) is 3.36. The van der Waals surface area contributed by atoms with E-state index in [2.05, 4.69) is 24.9 Å². The summed E-state index contributed by atoms with van der Waals surface area (Å²) in [6.45, 7) is 7.13. The molecule has 21 heavy (non-hydrogen) atoms. The molecule has 0 radical (unpaired) electrons. The lowest BCUT2D eigenvalue weighted by Gasteiger charge is -2.12. The van der Waals surface area contributed by atoms with Gasteiger partial charge in [-0.1, -0.05) is 18.2 Å². The van der Waals surface area contributed by atoms with Crippen LogP contribution in [0, 0.1) is 13.8 Å². The summed E-state index contributed by atoms with van der Waals surface area (Å²) >= 11 is 0. The van der Waals surface area contributed by atoms with Gasteiger partial charge in [0.25, 0.3) is 0 Å². The van der Waals surface area contributed by atoms with E-state index in [1.165, 1.54) is 0 Å². The Labute approximate surface area is 126 Å². The van der Waals surface area contributed by atoms with Crippen LogP contribution in [-0.2, 0) is 0 Å². The van der Waals surface area contributed by atoms with Gasteiger partial charge in [-0.2, -0.15) is 0 Å². The van der Waals surface area contributed by atoms with E-state index in [1.807, 2.05) is 61.6 Å². The van der Waals surface area contributed by atoms with Crippen LogP contribution >= 0.6 is 0 Å². The normalized spacial score (nSPS) is 10.9. The number of hydrogen-bond donors (Lipinski definition) is 0. The molecule has 0 aliphatic carbocycles. The average Bonchev–Trinajstić information content (AvgIpc) is 2.50. The predicted octanol–water partition coefficient (Wildman–Crippen LogP) is 4.71. The Morgan fingerprint density at radius 1 is 1.10 bits per heavy atom. The van der Waals surface area contributed by atoms with Crippen molar-refractivity contribution in [2.24, 2.45) is 4.99 Å². The van der Waals surface area contributed by atoms with Gasteiger partial charge >= 0.3 is 0 Å². The molecule has 0 saturated carbocycles. The van der Waals surface area contributed by atoms with Crippen molar-refractivity contribution >= 4 is 12.0 Å². The molecule has 110 valence electrons. The van der Waals surface area contributed by atoms with E-state index in [-0.39, 0.29) is 0 Å². The van der Waals surface area contributed by atoms with Crippen LogP contribution in [0.1, 0.15) is 18.1 Å². The molecule has 0 amide bonds. The van der Waals surface area contributed by atoms with E-state index in [9.17, 15) is 0 Å². The van der Waals surface area contributed by atoms with Gasteiger partial charge in [0.1, 0.15) is 11.5 Å². The maximum atomic E-state index is 5.93. The summed E-state index contributed by atoms with van der Waals surface area (Å²) in [6.07, 6.45) is 1.86. The SMILES string of the molecule is CCN(C)/C=N/c1cc(C)c(Oc2ccccc2)cc1C. The molecule has 0 aromatic heterocycles. The highest BCUT2D eigenvalue weighted by Crippen LogP contribution is 2.31. The first-order valence-electron chi connectivity index (χ1n) is 7.18. The molecule has 0 atom stereocenters. The Bertz CT molecular complexity index is 621. The van der Waals surface area contributed by atoms with Crippen LogP contribution in [0.4, 0.5) is 5.69 Å². The Balaban J connectivity index is 2.23.